The fraction of sp³-hybridized carbons (Fsp3) is 0.846. The number of carbonyl (C=O) groups is 2. The molecular weight excluding hydrogens is 240 g/mol. The van der Waals surface area contributed by atoms with Crippen LogP contribution in [0.5, 0.6) is 0 Å². The molecule has 6 atom stereocenters. The molecular formula is C13H17ClO3. The molecule has 0 radical (unpaired) electrons. The quantitative estimate of drug-likeness (QED) is 0.410. The van der Waals surface area contributed by atoms with Crippen molar-refractivity contribution in [1.29, 1.82) is 0 Å². The van der Waals surface area contributed by atoms with E-state index in [4.69, 9.17) is 16.3 Å². The molecule has 0 aromatic rings. The van der Waals surface area contributed by atoms with E-state index in [9.17, 15) is 9.59 Å². The van der Waals surface area contributed by atoms with Gasteiger partial charge in [0.05, 0.1) is 12.5 Å². The van der Waals surface area contributed by atoms with Gasteiger partial charge in [0.25, 0.3) is 0 Å². The number of esters is 1. The third-order valence-corrected chi connectivity index (χ3v) is 5.96. The van der Waals surface area contributed by atoms with Crippen LogP contribution in [0.3, 0.4) is 0 Å². The second-order valence-corrected chi connectivity index (χ2v) is 6.45. The van der Waals surface area contributed by atoms with Gasteiger partial charge in [-0.05, 0) is 42.4 Å². The molecule has 0 N–H and O–H groups in total. The molecule has 1 unspecified atom stereocenters. The summed E-state index contributed by atoms with van der Waals surface area (Å²) < 4.78 is 4.79. The van der Waals surface area contributed by atoms with Crippen molar-refractivity contribution in [3.05, 3.63) is 0 Å². The molecule has 3 saturated carbocycles. The number of carbonyl (C=O) groups excluding carboxylic acids is 2. The Hall–Kier alpha value is -0.570. The number of halogens is 1. The number of alkyl halides is 1. The van der Waals surface area contributed by atoms with Crippen LogP contribution in [-0.4, -0.2) is 24.2 Å². The van der Waals surface area contributed by atoms with E-state index in [-0.39, 0.29) is 23.0 Å². The Labute approximate surface area is 106 Å². The summed E-state index contributed by atoms with van der Waals surface area (Å²) in [7, 11) is 1.35. The Morgan fingerprint density at radius 2 is 2.24 bits per heavy atom. The van der Waals surface area contributed by atoms with Gasteiger partial charge in [-0.3, -0.25) is 9.59 Å². The summed E-state index contributed by atoms with van der Waals surface area (Å²) in [5, 5.41) is -0.490. The summed E-state index contributed by atoms with van der Waals surface area (Å²) in [5.74, 6) is -0.141. The molecule has 0 heterocycles. The largest absolute Gasteiger partial charge is 0.468 e. The molecule has 0 aromatic carbocycles. The predicted molar refractivity (Wildman–Crippen MR) is 62.6 cm³/mol. The Morgan fingerprint density at radius 1 is 1.53 bits per heavy atom. The van der Waals surface area contributed by atoms with Crippen LogP contribution in [0, 0.1) is 29.1 Å². The smallest absolute Gasteiger partial charge is 0.316 e. The predicted octanol–water partition coefficient (Wildman–Crippen LogP) is 2.02. The van der Waals surface area contributed by atoms with E-state index in [1.165, 1.54) is 7.11 Å². The average molecular weight is 257 g/mol. The van der Waals surface area contributed by atoms with Crippen molar-refractivity contribution in [3.8, 4) is 0 Å². The summed E-state index contributed by atoms with van der Waals surface area (Å²) in [6, 6.07) is 0. The Bertz CT molecular complexity index is 394. The van der Waals surface area contributed by atoms with Gasteiger partial charge in [0.15, 0.2) is 5.78 Å². The van der Waals surface area contributed by atoms with Crippen molar-refractivity contribution < 1.29 is 14.3 Å². The molecule has 3 aliphatic carbocycles. The standard InChI is InChI=1S/C13H17ClO3/c1-13-4-3-6-5-7(13)8(12(16)17-2)11(15)10(14)9(6)13/h6-10H,3-5H2,1-2H3/t6-,7+,8?,9-,10+,13+/m1/s1. The van der Waals surface area contributed by atoms with Gasteiger partial charge in [-0.1, -0.05) is 6.92 Å². The normalized spacial score (nSPS) is 51.7. The number of hydrogen-bond donors (Lipinski definition) is 0. The minimum atomic E-state index is -0.617. The third-order valence-electron chi connectivity index (χ3n) is 5.48. The van der Waals surface area contributed by atoms with Crippen LogP contribution >= 0.6 is 11.6 Å². The lowest BCUT2D eigenvalue weighted by molar-refractivity contribution is -0.156. The fourth-order valence-corrected chi connectivity index (χ4v) is 5.35. The Morgan fingerprint density at radius 3 is 2.88 bits per heavy atom. The van der Waals surface area contributed by atoms with Crippen molar-refractivity contribution in [2.24, 2.45) is 29.1 Å². The zero-order valence-corrected chi connectivity index (χ0v) is 10.9. The molecule has 17 heavy (non-hydrogen) atoms. The first-order chi connectivity index (χ1) is 8.00. The average Bonchev–Trinajstić information content (AvgIpc) is 2.74. The van der Waals surface area contributed by atoms with Crippen molar-refractivity contribution in [1.82, 2.24) is 0 Å². The van der Waals surface area contributed by atoms with Crippen LogP contribution in [0.4, 0.5) is 0 Å². The maximum atomic E-state index is 12.2. The van der Waals surface area contributed by atoms with Gasteiger partial charge in [0, 0.05) is 0 Å². The van der Waals surface area contributed by atoms with Gasteiger partial charge in [-0.25, -0.2) is 0 Å². The summed E-state index contributed by atoms with van der Waals surface area (Å²) in [6.45, 7) is 2.20. The van der Waals surface area contributed by atoms with Crippen LogP contribution in [0.15, 0.2) is 0 Å². The highest BCUT2D eigenvalue weighted by atomic mass is 35.5. The van der Waals surface area contributed by atoms with Gasteiger partial charge < -0.3 is 4.74 Å². The molecule has 0 saturated heterocycles. The molecule has 3 fully saturated rings. The number of hydrogen-bond acceptors (Lipinski definition) is 3. The van der Waals surface area contributed by atoms with Crippen LogP contribution in [0.1, 0.15) is 26.2 Å². The van der Waals surface area contributed by atoms with Gasteiger partial charge in [0.1, 0.15) is 5.92 Å². The SMILES string of the molecule is COC(=O)C1C(=O)[C@@H](Cl)[C@H]2[C@@H]3CC[C@@]2(C)[C@H]1C3. The monoisotopic (exact) mass is 256 g/mol. The number of methoxy groups -OCH3 is 1. The molecule has 3 aliphatic rings. The summed E-state index contributed by atoms with van der Waals surface area (Å²) in [5.41, 5.74) is 0.0733. The van der Waals surface area contributed by atoms with Crippen molar-refractivity contribution in [2.75, 3.05) is 7.11 Å². The maximum absolute atomic E-state index is 12.2. The lowest BCUT2D eigenvalue weighted by Gasteiger charge is -2.43. The zero-order chi connectivity index (χ0) is 12.4. The molecule has 3 rings (SSSR count). The van der Waals surface area contributed by atoms with Gasteiger partial charge in [0.2, 0.25) is 0 Å². The Kier molecular flexibility index (Phi) is 2.35. The van der Waals surface area contributed by atoms with E-state index in [0.717, 1.165) is 19.3 Å². The molecule has 94 valence electrons. The maximum Gasteiger partial charge on any atom is 0.316 e. The second kappa shape index (κ2) is 3.47. The molecule has 0 aromatic heterocycles. The topological polar surface area (TPSA) is 43.4 Å². The van der Waals surface area contributed by atoms with Crippen LogP contribution in [0.25, 0.3) is 0 Å². The minimum Gasteiger partial charge on any atom is -0.468 e. The van der Waals surface area contributed by atoms with Gasteiger partial charge in [-0.15, -0.1) is 11.6 Å². The first-order valence-electron chi connectivity index (χ1n) is 6.26. The van der Waals surface area contributed by atoms with E-state index in [2.05, 4.69) is 6.92 Å². The highest BCUT2D eigenvalue weighted by Gasteiger charge is 2.67. The number of ketones is 1. The second-order valence-electron chi connectivity index (χ2n) is 5.98. The van der Waals surface area contributed by atoms with Crippen molar-refractivity contribution >= 4 is 23.4 Å². The number of ether oxygens (including phenoxy) is 1. The van der Waals surface area contributed by atoms with E-state index in [1.807, 2.05) is 0 Å². The highest BCUT2D eigenvalue weighted by Crippen LogP contribution is 2.68. The minimum absolute atomic E-state index is 0.0733. The summed E-state index contributed by atoms with van der Waals surface area (Å²) >= 11 is 6.32. The molecule has 0 amide bonds. The first kappa shape index (κ1) is 11.5. The van der Waals surface area contributed by atoms with Crippen molar-refractivity contribution in [3.63, 3.8) is 0 Å². The zero-order valence-electron chi connectivity index (χ0n) is 10.1. The summed E-state index contributed by atoms with van der Waals surface area (Å²) in [6.07, 6.45) is 3.22. The lowest BCUT2D eigenvalue weighted by Crippen LogP contribution is -2.51. The van der Waals surface area contributed by atoms with Crippen LogP contribution < -0.4 is 0 Å². The molecule has 3 nitrogen and oxygen atoms in total. The molecule has 4 heteroatoms. The van der Waals surface area contributed by atoms with E-state index < -0.39 is 17.3 Å². The van der Waals surface area contributed by atoms with E-state index in [0.29, 0.717) is 5.92 Å². The van der Waals surface area contributed by atoms with Crippen LogP contribution in [0.2, 0.25) is 0 Å². The fourth-order valence-electron chi connectivity index (χ4n) is 4.72. The molecule has 4 bridgehead atoms. The van der Waals surface area contributed by atoms with E-state index >= 15 is 0 Å². The number of rotatable bonds is 1. The summed E-state index contributed by atoms with van der Waals surface area (Å²) in [4.78, 5) is 24.0. The van der Waals surface area contributed by atoms with Crippen LogP contribution in [-0.2, 0) is 14.3 Å². The molecule has 0 aliphatic heterocycles. The van der Waals surface area contributed by atoms with Gasteiger partial charge >= 0.3 is 5.97 Å². The first-order valence-corrected chi connectivity index (χ1v) is 6.70. The molecule has 0 spiro atoms. The lowest BCUT2D eigenvalue weighted by atomic mass is 9.61. The van der Waals surface area contributed by atoms with Crippen molar-refractivity contribution in [2.45, 2.75) is 31.6 Å². The highest BCUT2D eigenvalue weighted by molar-refractivity contribution is 6.33. The van der Waals surface area contributed by atoms with E-state index in [1.54, 1.807) is 0 Å². The third kappa shape index (κ3) is 1.24. The number of Topliss-reactive ketones (excluding diaryl/α,β-unsaturated/α-hetero) is 1. The van der Waals surface area contributed by atoms with Gasteiger partial charge in [-0.2, -0.15) is 0 Å². The Balaban J connectivity index is 2.03.